The Labute approximate surface area is 388 Å². The first-order chi connectivity index (χ1) is 30.5. The zero-order chi connectivity index (χ0) is 46.4. The van der Waals surface area contributed by atoms with E-state index in [4.69, 9.17) is 18.5 Å². The summed E-state index contributed by atoms with van der Waals surface area (Å²) in [5.41, 5.74) is 0. The Morgan fingerprint density at radius 1 is 0.508 bits per heavy atom. The van der Waals surface area contributed by atoms with E-state index in [0.717, 1.165) is 64.2 Å². The van der Waals surface area contributed by atoms with Crippen molar-refractivity contribution in [3.63, 3.8) is 0 Å². The van der Waals surface area contributed by atoms with Gasteiger partial charge in [0.25, 0.3) is 7.82 Å². The fraction of sp³-hybridized carbons (Fsp3) is 0.811. The highest BCUT2D eigenvalue weighted by Gasteiger charge is 2.21. The van der Waals surface area contributed by atoms with Gasteiger partial charge in [0.2, 0.25) is 0 Å². The highest BCUT2D eigenvalue weighted by molar-refractivity contribution is 7.45. The van der Waals surface area contributed by atoms with Crippen LogP contribution in [0.25, 0.3) is 0 Å². The van der Waals surface area contributed by atoms with Crippen LogP contribution in [0, 0.1) is 0 Å². The number of ether oxygens (including phenoxy) is 2. The molecular weight excluding hydrogens is 810 g/mol. The first kappa shape index (κ1) is 61.0. The van der Waals surface area contributed by atoms with Crippen LogP contribution in [-0.4, -0.2) is 70.0 Å². The molecule has 0 radical (unpaired) electrons. The van der Waals surface area contributed by atoms with Crippen LogP contribution in [0.4, 0.5) is 0 Å². The molecule has 0 aromatic rings. The van der Waals surface area contributed by atoms with Gasteiger partial charge in [-0.2, -0.15) is 0 Å². The summed E-state index contributed by atoms with van der Waals surface area (Å²) in [5, 5.41) is 0. The molecule has 0 heterocycles. The average Bonchev–Trinajstić information content (AvgIpc) is 3.24. The molecule has 0 rings (SSSR count). The van der Waals surface area contributed by atoms with Crippen molar-refractivity contribution in [3.05, 3.63) is 48.6 Å². The lowest BCUT2D eigenvalue weighted by Crippen LogP contribution is -2.37. The Morgan fingerprint density at radius 3 is 1.35 bits per heavy atom. The molecule has 0 fully saturated rings. The number of rotatable bonds is 47. The van der Waals surface area contributed by atoms with Gasteiger partial charge in [0, 0.05) is 12.8 Å². The van der Waals surface area contributed by atoms with Crippen molar-refractivity contribution in [3.8, 4) is 0 Å². The maximum absolute atomic E-state index is 12.7. The quantitative estimate of drug-likeness (QED) is 0.0195. The molecule has 63 heavy (non-hydrogen) atoms. The topological polar surface area (TPSA) is 111 Å². The van der Waals surface area contributed by atoms with E-state index in [0.29, 0.717) is 17.4 Å². The predicted octanol–water partition coefficient (Wildman–Crippen LogP) is 14.8. The van der Waals surface area contributed by atoms with Gasteiger partial charge < -0.3 is 27.9 Å². The second-order valence-corrected chi connectivity index (χ2v) is 19.9. The Morgan fingerprint density at radius 2 is 0.905 bits per heavy atom. The molecule has 10 heteroatoms. The third kappa shape index (κ3) is 49.2. The Hall–Kier alpha value is -2.03. The van der Waals surface area contributed by atoms with Crippen LogP contribution in [0.5, 0.6) is 0 Å². The lowest BCUT2D eigenvalue weighted by atomic mass is 10.0. The van der Waals surface area contributed by atoms with Crippen LogP contribution in [-0.2, 0) is 32.7 Å². The minimum atomic E-state index is -4.63. The maximum Gasteiger partial charge on any atom is 0.306 e. The van der Waals surface area contributed by atoms with Gasteiger partial charge in [-0.1, -0.05) is 210 Å². The Kier molecular flexibility index (Phi) is 43.7. The summed E-state index contributed by atoms with van der Waals surface area (Å²) in [6.07, 6.45) is 54.3. The van der Waals surface area contributed by atoms with Gasteiger partial charge in [-0.3, -0.25) is 14.2 Å². The number of unbranched alkanes of at least 4 members (excludes halogenated alkanes) is 25. The number of phosphoric acid groups is 1. The highest BCUT2D eigenvalue weighted by Crippen LogP contribution is 2.38. The molecule has 0 aromatic carbocycles. The zero-order valence-electron chi connectivity index (χ0n) is 41.5. The second kappa shape index (κ2) is 45.1. The smallest absolute Gasteiger partial charge is 0.306 e. The van der Waals surface area contributed by atoms with Gasteiger partial charge in [0.05, 0.1) is 27.7 Å². The standard InChI is InChI=1S/C53H98NO8P/c1-6-8-10-12-14-16-18-20-22-23-24-25-26-27-28-29-30-31-32-34-36-38-40-42-44-46-53(56)62-51(50-61-63(57,58)60-48-47-54(3,4)5)49-59-52(55)45-43-41-39-37-35-33-21-19-17-15-13-11-9-7-2/h8,10,14,16,20,22,24-25,51H,6-7,9,11-13,15,17-19,21,23,26-50H2,1-5H3/b10-8-,16-14-,22-20-,25-24-. The van der Waals surface area contributed by atoms with Gasteiger partial charge in [-0.15, -0.1) is 0 Å². The molecule has 0 N–H and O–H groups in total. The summed E-state index contributed by atoms with van der Waals surface area (Å²) in [6, 6.07) is 0. The SMILES string of the molecule is CC/C=C\C/C=C\C/C=C\C/C=C\CCCCCCCCCCCCCCC(=O)OC(COC(=O)CCCCCCCCCCCCCCCC)COP(=O)([O-])OCC[N+](C)(C)C. The third-order valence-corrected chi connectivity index (χ3v) is 12.1. The largest absolute Gasteiger partial charge is 0.756 e. The van der Waals surface area contributed by atoms with Gasteiger partial charge in [-0.05, 0) is 51.4 Å². The second-order valence-electron chi connectivity index (χ2n) is 18.5. The van der Waals surface area contributed by atoms with E-state index in [1.807, 2.05) is 21.1 Å². The van der Waals surface area contributed by atoms with Crippen molar-refractivity contribution >= 4 is 19.8 Å². The molecule has 0 aromatic heterocycles. The van der Waals surface area contributed by atoms with Gasteiger partial charge in [-0.25, -0.2) is 0 Å². The summed E-state index contributed by atoms with van der Waals surface area (Å²) in [5.74, 6) is -0.829. The Balaban J connectivity index is 4.19. The lowest BCUT2D eigenvalue weighted by molar-refractivity contribution is -0.870. The van der Waals surface area contributed by atoms with Crippen molar-refractivity contribution in [1.82, 2.24) is 0 Å². The van der Waals surface area contributed by atoms with Gasteiger partial charge in [0.15, 0.2) is 6.10 Å². The van der Waals surface area contributed by atoms with Crippen molar-refractivity contribution in [2.24, 2.45) is 0 Å². The lowest BCUT2D eigenvalue weighted by Gasteiger charge is -2.28. The van der Waals surface area contributed by atoms with E-state index in [1.165, 1.54) is 128 Å². The normalized spacial score (nSPS) is 13.8. The summed E-state index contributed by atoms with van der Waals surface area (Å²) < 4.78 is 34.0. The van der Waals surface area contributed by atoms with Crippen LogP contribution in [0.2, 0.25) is 0 Å². The summed E-state index contributed by atoms with van der Waals surface area (Å²) in [7, 11) is 1.17. The molecule has 368 valence electrons. The molecule has 0 aliphatic carbocycles. The molecule has 0 bridgehead atoms. The molecule has 0 aliphatic rings. The van der Waals surface area contributed by atoms with Crippen LogP contribution in [0.15, 0.2) is 48.6 Å². The van der Waals surface area contributed by atoms with E-state index in [2.05, 4.69) is 62.5 Å². The van der Waals surface area contributed by atoms with Crippen molar-refractivity contribution in [2.45, 2.75) is 232 Å². The number of carbonyl (C=O) groups is 2. The third-order valence-electron chi connectivity index (χ3n) is 11.1. The number of esters is 2. The van der Waals surface area contributed by atoms with Gasteiger partial charge >= 0.3 is 11.9 Å². The van der Waals surface area contributed by atoms with Crippen molar-refractivity contribution in [1.29, 1.82) is 0 Å². The molecule has 2 unspecified atom stereocenters. The molecular formula is C53H98NO8P. The number of hydrogen-bond donors (Lipinski definition) is 0. The van der Waals surface area contributed by atoms with Crippen molar-refractivity contribution < 1.29 is 42.1 Å². The molecule has 0 amide bonds. The first-order valence-electron chi connectivity index (χ1n) is 25.8. The van der Waals surface area contributed by atoms with Crippen LogP contribution in [0.3, 0.4) is 0 Å². The van der Waals surface area contributed by atoms with Crippen LogP contribution < -0.4 is 4.89 Å². The van der Waals surface area contributed by atoms with Crippen LogP contribution >= 0.6 is 7.82 Å². The fourth-order valence-corrected chi connectivity index (χ4v) is 7.85. The highest BCUT2D eigenvalue weighted by atomic mass is 31.2. The number of carbonyl (C=O) groups excluding carboxylic acids is 2. The number of hydrogen-bond acceptors (Lipinski definition) is 8. The van der Waals surface area contributed by atoms with E-state index in [1.54, 1.807) is 0 Å². The van der Waals surface area contributed by atoms with E-state index in [9.17, 15) is 19.0 Å². The molecule has 2 atom stereocenters. The summed E-state index contributed by atoms with van der Waals surface area (Å²) in [4.78, 5) is 37.7. The summed E-state index contributed by atoms with van der Waals surface area (Å²) in [6.45, 7) is 4.14. The number of quaternary nitrogens is 1. The molecule has 0 aliphatic heterocycles. The van der Waals surface area contributed by atoms with Gasteiger partial charge in [0.1, 0.15) is 19.8 Å². The zero-order valence-corrected chi connectivity index (χ0v) is 42.4. The van der Waals surface area contributed by atoms with E-state index in [-0.39, 0.29) is 32.0 Å². The number of nitrogens with zero attached hydrogens (tertiary/aromatic N) is 1. The summed E-state index contributed by atoms with van der Waals surface area (Å²) >= 11 is 0. The predicted molar refractivity (Wildman–Crippen MR) is 264 cm³/mol. The minimum absolute atomic E-state index is 0.0306. The average molecular weight is 908 g/mol. The van der Waals surface area contributed by atoms with Crippen LogP contribution in [0.1, 0.15) is 226 Å². The maximum atomic E-state index is 12.7. The molecule has 0 saturated heterocycles. The molecule has 0 saturated carbocycles. The minimum Gasteiger partial charge on any atom is -0.756 e. The van der Waals surface area contributed by atoms with E-state index >= 15 is 0 Å². The monoisotopic (exact) mass is 908 g/mol. The molecule has 0 spiro atoms. The number of likely N-dealkylation sites (N-methyl/N-ethyl adjacent to an activating group) is 1. The number of allylic oxidation sites excluding steroid dienone is 8. The fourth-order valence-electron chi connectivity index (χ4n) is 7.12. The van der Waals surface area contributed by atoms with E-state index < -0.39 is 26.5 Å². The molecule has 9 nitrogen and oxygen atoms in total. The Bertz CT molecular complexity index is 1210. The van der Waals surface area contributed by atoms with Crippen molar-refractivity contribution in [2.75, 3.05) is 47.5 Å². The number of phosphoric ester groups is 1. The first-order valence-corrected chi connectivity index (χ1v) is 27.3.